The van der Waals surface area contributed by atoms with Crippen LogP contribution in [0.15, 0.2) is 91.5 Å². The highest BCUT2D eigenvalue weighted by molar-refractivity contribution is 9.10. The molecule has 2 aliphatic heterocycles. The van der Waals surface area contributed by atoms with Crippen LogP contribution in [0.1, 0.15) is 71.9 Å². The number of rotatable bonds is 6. The Labute approximate surface area is 268 Å². The van der Waals surface area contributed by atoms with Crippen molar-refractivity contribution < 1.29 is 4.74 Å². The summed E-state index contributed by atoms with van der Waals surface area (Å²) in [6, 6.07) is 13.2. The van der Waals surface area contributed by atoms with E-state index >= 15 is 0 Å². The summed E-state index contributed by atoms with van der Waals surface area (Å²) in [6.07, 6.45) is 12.0. The maximum Gasteiger partial charge on any atom is 0.169 e. The van der Waals surface area contributed by atoms with E-state index in [9.17, 15) is 0 Å². The third kappa shape index (κ3) is 4.89. The highest BCUT2D eigenvalue weighted by atomic mass is 79.9. The van der Waals surface area contributed by atoms with Crippen LogP contribution >= 0.6 is 43.5 Å². The molecule has 2 aromatic carbocycles. The first-order valence-corrected chi connectivity index (χ1v) is 16.6. The third-order valence-electron chi connectivity index (χ3n) is 9.43. The second kappa shape index (κ2) is 11.4. The fourth-order valence-electron chi connectivity index (χ4n) is 7.18. The van der Waals surface area contributed by atoms with E-state index in [1.807, 2.05) is 7.11 Å². The molecular formula is C35H41Br2ClN2O. The number of nitrogens with zero attached hydrogens (tertiary/aromatic N) is 2. The van der Waals surface area contributed by atoms with E-state index in [1.165, 1.54) is 39.3 Å². The topological polar surface area (TPSA) is 15.7 Å². The van der Waals surface area contributed by atoms with E-state index in [0.717, 1.165) is 46.3 Å². The minimum atomic E-state index is -0.617. The minimum absolute atomic E-state index is 0.0910. The number of likely N-dealkylation sites (N-methyl/N-ethyl adjacent to an activating group) is 2. The van der Waals surface area contributed by atoms with Crippen LogP contribution in [-0.4, -0.2) is 25.9 Å². The van der Waals surface area contributed by atoms with E-state index < -0.39 is 5.72 Å². The molecule has 1 aliphatic carbocycles. The zero-order valence-corrected chi connectivity index (χ0v) is 29.2. The van der Waals surface area contributed by atoms with Crippen molar-refractivity contribution in [2.24, 2.45) is 0 Å². The fourth-order valence-corrected chi connectivity index (χ4v) is 8.22. The molecule has 6 heteroatoms. The molecule has 0 spiro atoms. The number of fused-ring (bicyclic) bond motifs is 2. The number of methoxy groups -OCH3 is 1. The van der Waals surface area contributed by atoms with Gasteiger partial charge in [-0.1, -0.05) is 83.3 Å². The van der Waals surface area contributed by atoms with Crippen molar-refractivity contribution in [1.82, 2.24) is 0 Å². The van der Waals surface area contributed by atoms with Crippen molar-refractivity contribution in [3.63, 3.8) is 0 Å². The standard InChI is InChI=1S/C35H41Br2ClN2O/c1-8-39-29-16-14-25(36)21-27(29)33(3,4)31(39)18-13-23-11-10-12-24(32(23)38)19-20-35(41-7)34(5,6)28-22-26(37)15-17-30(28)40(35)9-2/h13-22H,8-12H2,1-7H3/b20-19+,23-13+,31-18-. The molecule has 0 aromatic heterocycles. The van der Waals surface area contributed by atoms with Crippen molar-refractivity contribution in [2.75, 3.05) is 30.0 Å². The van der Waals surface area contributed by atoms with Gasteiger partial charge in [0, 0.05) is 62.1 Å². The van der Waals surface area contributed by atoms with Crippen LogP contribution in [0.3, 0.4) is 0 Å². The van der Waals surface area contributed by atoms with E-state index in [2.05, 4.69) is 144 Å². The summed E-state index contributed by atoms with van der Waals surface area (Å²) in [5.74, 6) is 0. The van der Waals surface area contributed by atoms with Gasteiger partial charge in [0.2, 0.25) is 0 Å². The van der Waals surface area contributed by atoms with Crippen molar-refractivity contribution >= 4 is 54.8 Å². The molecule has 1 unspecified atom stereocenters. The summed E-state index contributed by atoms with van der Waals surface area (Å²) in [4.78, 5) is 4.81. The average Bonchev–Trinajstić information content (AvgIpc) is 3.27. The number of anilines is 2. The molecule has 5 rings (SSSR count). The minimum Gasteiger partial charge on any atom is -0.354 e. The van der Waals surface area contributed by atoms with Crippen LogP contribution in [0, 0.1) is 0 Å². The van der Waals surface area contributed by atoms with Gasteiger partial charge in [0.05, 0.1) is 0 Å². The molecule has 0 fully saturated rings. The Bertz CT molecular complexity index is 1480. The van der Waals surface area contributed by atoms with Gasteiger partial charge in [-0.05, 0) is 104 Å². The van der Waals surface area contributed by atoms with Crippen LogP contribution in [0.2, 0.25) is 0 Å². The van der Waals surface area contributed by atoms with Crippen LogP contribution in [0.5, 0.6) is 0 Å². The quantitative estimate of drug-likeness (QED) is 0.298. The summed E-state index contributed by atoms with van der Waals surface area (Å²) in [5, 5.41) is 0.869. The van der Waals surface area contributed by atoms with Gasteiger partial charge < -0.3 is 14.5 Å². The lowest BCUT2D eigenvalue weighted by Crippen LogP contribution is -2.55. The van der Waals surface area contributed by atoms with Gasteiger partial charge >= 0.3 is 0 Å². The Morgan fingerprint density at radius 3 is 2.20 bits per heavy atom. The predicted molar refractivity (Wildman–Crippen MR) is 182 cm³/mol. The SMILES string of the molecule is CCN1/C(=C\C=C2/CCCC(/C=C/C3(OC)N(CC)c4ccc(Br)cc4C3(C)C)=C2Cl)C(C)(C)c2cc(Br)ccc21. The number of hydrogen-bond acceptors (Lipinski definition) is 3. The molecule has 0 radical (unpaired) electrons. The van der Waals surface area contributed by atoms with Gasteiger partial charge in [0.15, 0.2) is 5.72 Å². The summed E-state index contributed by atoms with van der Waals surface area (Å²) < 4.78 is 8.62. The molecule has 3 aliphatic rings. The molecule has 218 valence electrons. The second-order valence-corrected chi connectivity index (χ2v) is 14.4. The molecule has 41 heavy (non-hydrogen) atoms. The Morgan fingerprint density at radius 1 is 0.902 bits per heavy atom. The fraction of sp³-hybridized carbons (Fsp3) is 0.429. The maximum atomic E-state index is 7.16. The largest absolute Gasteiger partial charge is 0.354 e. The first-order chi connectivity index (χ1) is 19.4. The Morgan fingerprint density at radius 2 is 1.56 bits per heavy atom. The van der Waals surface area contributed by atoms with Crippen molar-refractivity contribution in [2.45, 2.75) is 77.4 Å². The molecular weight excluding hydrogens is 660 g/mol. The van der Waals surface area contributed by atoms with E-state index in [0.29, 0.717) is 0 Å². The molecule has 1 atom stereocenters. The first kappa shape index (κ1) is 30.7. The van der Waals surface area contributed by atoms with Gasteiger partial charge in [0.1, 0.15) is 0 Å². The van der Waals surface area contributed by atoms with Crippen LogP contribution < -0.4 is 9.80 Å². The zero-order chi connectivity index (χ0) is 29.7. The average molecular weight is 701 g/mol. The molecule has 3 nitrogen and oxygen atoms in total. The number of benzene rings is 2. The monoisotopic (exact) mass is 698 g/mol. The highest BCUT2D eigenvalue weighted by Crippen LogP contribution is 2.54. The number of hydrogen-bond donors (Lipinski definition) is 0. The number of ether oxygens (including phenoxy) is 1. The van der Waals surface area contributed by atoms with E-state index in [4.69, 9.17) is 16.3 Å². The smallest absolute Gasteiger partial charge is 0.169 e. The number of halogens is 3. The summed E-state index contributed by atoms with van der Waals surface area (Å²) >= 11 is 14.5. The normalized spacial score (nSPS) is 25.1. The lowest BCUT2D eigenvalue weighted by molar-refractivity contribution is -0.0158. The van der Waals surface area contributed by atoms with E-state index in [-0.39, 0.29) is 10.8 Å². The summed E-state index contributed by atoms with van der Waals surface area (Å²) in [5.41, 5.74) is 7.85. The molecule has 0 N–H and O–H groups in total. The van der Waals surface area contributed by atoms with Crippen LogP contribution in [-0.2, 0) is 15.6 Å². The Kier molecular flexibility index (Phi) is 8.50. The number of allylic oxidation sites excluding steroid dienone is 7. The van der Waals surface area contributed by atoms with E-state index in [1.54, 1.807) is 0 Å². The molecule has 0 saturated carbocycles. The summed E-state index contributed by atoms with van der Waals surface area (Å²) in [6.45, 7) is 15.3. The molecule has 2 heterocycles. The van der Waals surface area contributed by atoms with Crippen molar-refractivity contribution in [3.05, 3.63) is 103 Å². The summed E-state index contributed by atoms with van der Waals surface area (Å²) in [7, 11) is 1.82. The molecule has 0 saturated heterocycles. The Hall–Kier alpha value is -1.79. The Balaban J connectivity index is 1.51. The third-order valence-corrected chi connectivity index (χ3v) is 10.9. The predicted octanol–water partition coefficient (Wildman–Crippen LogP) is 10.5. The van der Waals surface area contributed by atoms with Gasteiger partial charge in [-0.3, -0.25) is 0 Å². The van der Waals surface area contributed by atoms with Crippen LogP contribution in [0.25, 0.3) is 0 Å². The molecule has 0 bridgehead atoms. The molecule has 0 amide bonds. The van der Waals surface area contributed by atoms with Crippen molar-refractivity contribution in [1.29, 1.82) is 0 Å². The van der Waals surface area contributed by atoms with Gasteiger partial charge in [-0.2, -0.15) is 0 Å². The van der Waals surface area contributed by atoms with Crippen LogP contribution in [0.4, 0.5) is 11.4 Å². The van der Waals surface area contributed by atoms with Gasteiger partial charge in [0.25, 0.3) is 0 Å². The van der Waals surface area contributed by atoms with Gasteiger partial charge in [-0.25, -0.2) is 0 Å². The molecule has 2 aromatic rings. The lowest BCUT2D eigenvalue weighted by Gasteiger charge is -2.44. The maximum absolute atomic E-state index is 7.16. The zero-order valence-electron chi connectivity index (χ0n) is 25.2. The first-order valence-electron chi connectivity index (χ1n) is 14.6. The van der Waals surface area contributed by atoms with Crippen molar-refractivity contribution in [3.8, 4) is 0 Å². The second-order valence-electron chi connectivity index (χ2n) is 12.2. The van der Waals surface area contributed by atoms with Gasteiger partial charge in [-0.15, -0.1) is 0 Å². The highest BCUT2D eigenvalue weighted by Gasteiger charge is 2.55. The lowest BCUT2D eigenvalue weighted by atomic mass is 9.77.